The number of benzene rings is 1. The fourth-order valence-electron chi connectivity index (χ4n) is 3.66. The molecule has 116 valence electrons. The standard InChI is InChI=1S/C19H24N2O/c22-19-16-6-2-4-14-3-1-5-15(18(14)16)11-21(19)17-12-20-9-7-13(17)8-10-20/h2,4,6,13,15,17H,1,3,5,7-12H2/t15-,17-/m1/s1/i3D2,7D2,8D2,9D2,10D2,12D2,13D. The van der Waals surface area contributed by atoms with E-state index >= 15 is 0 Å². The van der Waals surface area contributed by atoms with Crippen LogP contribution >= 0.6 is 0 Å². The van der Waals surface area contributed by atoms with Crippen molar-refractivity contribution in [2.24, 2.45) is 5.89 Å². The van der Waals surface area contributed by atoms with Crippen molar-refractivity contribution >= 4 is 5.91 Å². The molecule has 0 unspecified atom stereocenters. The molecule has 2 atom stereocenters. The summed E-state index contributed by atoms with van der Waals surface area (Å²) < 4.78 is 110. The Morgan fingerprint density at radius 2 is 2.14 bits per heavy atom. The van der Waals surface area contributed by atoms with Gasteiger partial charge in [0.1, 0.15) is 0 Å². The number of amides is 1. The topological polar surface area (TPSA) is 23.6 Å². The summed E-state index contributed by atoms with van der Waals surface area (Å²) in [5.74, 6) is -4.71. The fourth-order valence-corrected chi connectivity index (χ4v) is 3.66. The van der Waals surface area contributed by atoms with Gasteiger partial charge in [0.2, 0.25) is 0 Å². The Morgan fingerprint density at radius 1 is 1.27 bits per heavy atom. The van der Waals surface area contributed by atoms with E-state index in [1.807, 2.05) is 0 Å². The van der Waals surface area contributed by atoms with Gasteiger partial charge in [-0.1, -0.05) is 12.1 Å². The van der Waals surface area contributed by atoms with Crippen LogP contribution < -0.4 is 0 Å². The molecule has 0 radical (unpaired) electrons. The van der Waals surface area contributed by atoms with E-state index in [-0.39, 0.29) is 29.8 Å². The molecule has 6 rings (SSSR count). The third-order valence-electron chi connectivity index (χ3n) is 4.67. The Labute approximate surface area is 150 Å². The number of hydrogen-bond donors (Lipinski definition) is 0. The van der Waals surface area contributed by atoms with Crippen LogP contribution in [-0.4, -0.2) is 47.8 Å². The fraction of sp³-hybridized carbons (Fsp3) is 0.632. The average molecular weight is 309 g/mol. The van der Waals surface area contributed by atoms with E-state index in [1.54, 1.807) is 6.07 Å². The summed E-state index contributed by atoms with van der Waals surface area (Å²) in [6.45, 7) is -10.2. The molecule has 1 amide bonds. The molecule has 3 heteroatoms. The van der Waals surface area contributed by atoms with E-state index in [4.69, 9.17) is 17.8 Å². The van der Waals surface area contributed by atoms with Crippen LogP contribution in [0, 0.1) is 5.89 Å². The summed E-state index contributed by atoms with van der Waals surface area (Å²) in [7, 11) is 0. The van der Waals surface area contributed by atoms with Gasteiger partial charge in [-0.05, 0) is 68.0 Å². The van der Waals surface area contributed by atoms with Crippen LogP contribution in [0.15, 0.2) is 18.2 Å². The van der Waals surface area contributed by atoms with Crippen molar-refractivity contribution in [3.8, 4) is 0 Å². The molecule has 22 heavy (non-hydrogen) atoms. The van der Waals surface area contributed by atoms with Gasteiger partial charge in [0.15, 0.2) is 0 Å². The van der Waals surface area contributed by atoms with Gasteiger partial charge in [-0.2, -0.15) is 0 Å². The van der Waals surface area contributed by atoms with Gasteiger partial charge < -0.3 is 9.80 Å². The maximum Gasteiger partial charge on any atom is 0.254 e. The predicted molar refractivity (Wildman–Crippen MR) is 86.1 cm³/mol. The first-order chi connectivity index (χ1) is 15.7. The highest BCUT2D eigenvalue weighted by atomic mass is 16.2. The minimum Gasteiger partial charge on any atom is -0.333 e. The lowest BCUT2D eigenvalue weighted by atomic mass is 9.75. The summed E-state index contributed by atoms with van der Waals surface area (Å²) in [6.07, 6.45) is -8.15. The normalized spacial score (nSPS) is 62.2. The van der Waals surface area contributed by atoms with Gasteiger partial charge in [-0.25, -0.2) is 0 Å². The van der Waals surface area contributed by atoms with Crippen molar-refractivity contribution < 1.29 is 22.6 Å². The number of hydrogen-bond acceptors (Lipinski definition) is 2. The van der Waals surface area contributed by atoms with Crippen LogP contribution in [0.25, 0.3) is 0 Å². The third-order valence-corrected chi connectivity index (χ3v) is 4.67. The van der Waals surface area contributed by atoms with E-state index in [1.165, 1.54) is 12.1 Å². The van der Waals surface area contributed by atoms with Crippen LogP contribution in [0.4, 0.5) is 0 Å². The first-order valence-electron chi connectivity index (χ1n) is 14.0. The summed E-state index contributed by atoms with van der Waals surface area (Å²) in [4.78, 5) is 14.5. The monoisotopic (exact) mass is 309 g/mol. The van der Waals surface area contributed by atoms with Crippen LogP contribution in [-0.2, 0) is 6.37 Å². The smallest absolute Gasteiger partial charge is 0.254 e. The van der Waals surface area contributed by atoms with Gasteiger partial charge >= 0.3 is 0 Å². The quantitative estimate of drug-likeness (QED) is 0.796. The number of carbonyl (C=O) groups is 1. The van der Waals surface area contributed by atoms with Crippen molar-refractivity contribution in [2.45, 2.75) is 43.9 Å². The molecule has 0 N–H and O–H groups in total. The number of aryl methyl sites for hydroxylation is 1. The lowest BCUT2D eigenvalue weighted by Crippen LogP contribution is -2.60. The van der Waals surface area contributed by atoms with E-state index in [0.29, 0.717) is 11.1 Å². The first-order valence-corrected chi connectivity index (χ1v) is 7.45. The number of nitrogens with zero attached hydrogens (tertiary/aromatic N) is 2. The number of fused-ring (bicyclic) bond motifs is 3. The summed E-state index contributed by atoms with van der Waals surface area (Å²) in [5, 5.41) is 0. The molecule has 1 aromatic carbocycles. The van der Waals surface area contributed by atoms with E-state index in [0.717, 1.165) is 4.90 Å². The van der Waals surface area contributed by atoms with Crippen molar-refractivity contribution in [1.82, 2.24) is 9.80 Å². The minimum absolute atomic E-state index is 0.0466. The Morgan fingerprint density at radius 3 is 3.00 bits per heavy atom. The number of carbonyl (C=O) groups excluding carboxylic acids is 1. The molecule has 3 saturated heterocycles. The predicted octanol–water partition coefficient (Wildman–Crippen LogP) is 2.66. The second kappa shape index (κ2) is 4.82. The van der Waals surface area contributed by atoms with E-state index < -0.39 is 62.4 Å². The maximum absolute atomic E-state index is 13.7. The van der Waals surface area contributed by atoms with Crippen LogP contribution in [0.5, 0.6) is 0 Å². The van der Waals surface area contributed by atoms with Gasteiger partial charge in [-0.3, -0.25) is 4.79 Å². The molecule has 4 heterocycles. The van der Waals surface area contributed by atoms with Crippen molar-refractivity contribution in [3.63, 3.8) is 0 Å². The minimum atomic E-state index is -3.42. The highest BCUT2D eigenvalue weighted by Crippen LogP contribution is 2.41. The second-order valence-corrected chi connectivity index (χ2v) is 5.89. The number of piperidine rings is 3. The zero-order chi connectivity index (χ0) is 26.4. The molecule has 1 aliphatic carbocycles. The van der Waals surface area contributed by atoms with E-state index in [2.05, 4.69) is 0 Å². The zero-order valence-corrected chi connectivity index (χ0v) is 11.8. The molecule has 0 spiro atoms. The lowest BCUT2D eigenvalue weighted by molar-refractivity contribution is 0.00258. The average Bonchev–Trinajstić information content (AvgIpc) is 2.70. The molecular weight excluding hydrogens is 272 g/mol. The molecule has 3 fully saturated rings. The molecule has 1 aromatic rings. The molecule has 4 aliphatic heterocycles. The highest BCUT2D eigenvalue weighted by Gasteiger charge is 2.43. The molecule has 5 aliphatic rings. The van der Waals surface area contributed by atoms with Crippen molar-refractivity contribution in [2.75, 3.05) is 26.0 Å². The van der Waals surface area contributed by atoms with Crippen LogP contribution in [0.2, 0.25) is 0 Å². The second-order valence-electron chi connectivity index (χ2n) is 5.89. The first kappa shape index (κ1) is 5.62. The van der Waals surface area contributed by atoms with Gasteiger partial charge in [0.05, 0.1) is 0 Å². The van der Waals surface area contributed by atoms with Crippen molar-refractivity contribution in [3.05, 3.63) is 34.9 Å². The van der Waals surface area contributed by atoms with Crippen LogP contribution in [0.1, 0.15) is 70.8 Å². The summed E-state index contributed by atoms with van der Waals surface area (Å²) in [5.41, 5.74) is 0.836. The summed E-state index contributed by atoms with van der Waals surface area (Å²) >= 11 is 0. The largest absolute Gasteiger partial charge is 0.333 e. The van der Waals surface area contributed by atoms with Crippen LogP contribution in [0.3, 0.4) is 0 Å². The SMILES string of the molecule is [2H]C1([2H])CC[C@@H]2CN([C@@H]3C([2H])([2H])N4C([2H])([2H])C([2H])([2H])C3([2H])C([2H])([2H])C4([2H])[2H])C(=O)c3cccc1c32. The van der Waals surface area contributed by atoms with Gasteiger partial charge in [0.25, 0.3) is 5.91 Å². The number of rotatable bonds is 1. The third kappa shape index (κ3) is 1.81. The summed E-state index contributed by atoms with van der Waals surface area (Å²) in [6, 6.07) is 2.29. The molecule has 3 nitrogen and oxygen atoms in total. The molecular formula is C19H24N2O. The molecule has 2 bridgehead atoms. The Balaban J connectivity index is 1.74. The Bertz CT molecular complexity index is 1110. The highest BCUT2D eigenvalue weighted by molar-refractivity contribution is 5.97. The zero-order valence-electron chi connectivity index (χ0n) is 24.8. The van der Waals surface area contributed by atoms with Gasteiger partial charge in [-0.15, -0.1) is 0 Å². The van der Waals surface area contributed by atoms with Crippen molar-refractivity contribution in [1.29, 1.82) is 0 Å². The molecule has 0 saturated carbocycles. The Kier molecular flexibility index (Phi) is 1.23. The maximum atomic E-state index is 13.7. The Hall–Kier alpha value is -1.35. The van der Waals surface area contributed by atoms with E-state index in [9.17, 15) is 4.79 Å². The lowest BCUT2D eigenvalue weighted by Gasteiger charge is -2.51. The molecule has 0 aromatic heterocycles. The van der Waals surface area contributed by atoms with Gasteiger partial charge in [0, 0.05) is 48.4 Å².